The number of hydrogen-bond acceptors (Lipinski definition) is 5. The summed E-state index contributed by atoms with van der Waals surface area (Å²) in [6.07, 6.45) is -1.12. The predicted octanol–water partition coefficient (Wildman–Crippen LogP) is 4.17. The summed E-state index contributed by atoms with van der Waals surface area (Å²) < 4.78 is 32.0. The van der Waals surface area contributed by atoms with Crippen molar-refractivity contribution >= 4 is 39.2 Å². The predicted molar refractivity (Wildman–Crippen MR) is 121 cm³/mol. The van der Waals surface area contributed by atoms with E-state index in [1.165, 1.54) is 29.4 Å². The molecule has 0 aliphatic heterocycles. The summed E-state index contributed by atoms with van der Waals surface area (Å²) in [5, 5.41) is 2.76. The third-order valence-electron chi connectivity index (χ3n) is 4.79. The van der Waals surface area contributed by atoms with Crippen LogP contribution in [0.25, 0.3) is 0 Å². The quantitative estimate of drug-likeness (QED) is 0.589. The molecule has 0 saturated carbocycles. The Hall–Kier alpha value is -2.42. The minimum absolute atomic E-state index is 0.0329. The molecule has 2 rings (SSSR count). The van der Waals surface area contributed by atoms with Gasteiger partial charge in [0, 0.05) is 18.8 Å². The first-order valence-corrected chi connectivity index (χ1v) is 11.7. The van der Waals surface area contributed by atoms with Crippen molar-refractivity contribution in [1.82, 2.24) is 4.31 Å². The van der Waals surface area contributed by atoms with Crippen molar-refractivity contribution in [3.05, 3.63) is 58.1 Å². The Morgan fingerprint density at radius 3 is 2.32 bits per heavy atom. The standard InChI is InChI=1S/C22H27ClN2O5S/c1-6-25(7-2)31(28,29)17-9-10-19(23)18(13-17)22(27)30-16(5)21(26)24-20-11-8-14(3)12-15(20)4/h8-13,16H,6-7H2,1-5H3,(H,24,26). The van der Waals surface area contributed by atoms with Gasteiger partial charge in [-0.1, -0.05) is 43.1 Å². The van der Waals surface area contributed by atoms with Crippen LogP contribution in [-0.4, -0.2) is 43.8 Å². The number of halogens is 1. The van der Waals surface area contributed by atoms with Gasteiger partial charge in [0.1, 0.15) is 0 Å². The first-order valence-electron chi connectivity index (χ1n) is 9.90. The molecule has 7 nitrogen and oxygen atoms in total. The summed E-state index contributed by atoms with van der Waals surface area (Å²) in [6, 6.07) is 9.40. The van der Waals surface area contributed by atoms with Crippen LogP contribution in [0.3, 0.4) is 0 Å². The van der Waals surface area contributed by atoms with Crippen LogP contribution in [0, 0.1) is 13.8 Å². The molecule has 9 heteroatoms. The topological polar surface area (TPSA) is 92.8 Å². The van der Waals surface area contributed by atoms with Gasteiger partial charge in [-0.15, -0.1) is 0 Å². The highest BCUT2D eigenvalue weighted by Crippen LogP contribution is 2.24. The summed E-state index contributed by atoms with van der Waals surface area (Å²) in [6.45, 7) is 9.27. The number of aryl methyl sites for hydroxylation is 2. The summed E-state index contributed by atoms with van der Waals surface area (Å²) in [7, 11) is -3.78. The van der Waals surface area contributed by atoms with E-state index in [2.05, 4.69) is 5.32 Å². The monoisotopic (exact) mass is 466 g/mol. The van der Waals surface area contributed by atoms with Crippen molar-refractivity contribution in [2.45, 2.75) is 45.6 Å². The Bertz CT molecular complexity index is 1080. The lowest BCUT2D eigenvalue weighted by Crippen LogP contribution is -2.31. The zero-order valence-electron chi connectivity index (χ0n) is 18.2. The number of benzene rings is 2. The number of hydrogen-bond donors (Lipinski definition) is 1. The van der Waals surface area contributed by atoms with E-state index in [-0.39, 0.29) is 28.6 Å². The van der Waals surface area contributed by atoms with Crippen LogP contribution in [0.1, 0.15) is 42.3 Å². The van der Waals surface area contributed by atoms with Gasteiger partial charge in [-0.2, -0.15) is 4.31 Å². The molecular weight excluding hydrogens is 440 g/mol. The molecule has 0 fully saturated rings. The van der Waals surface area contributed by atoms with Crippen molar-refractivity contribution in [2.24, 2.45) is 0 Å². The zero-order chi connectivity index (χ0) is 23.3. The van der Waals surface area contributed by atoms with Crippen LogP contribution in [0.5, 0.6) is 0 Å². The summed E-state index contributed by atoms with van der Waals surface area (Å²) in [5.74, 6) is -1.40. The third-order valence-corrected chi connectivity index (χ3v) is 7.17. The number of esters is 1. The molecule has 0 aromatic heterocycles. The van der Waals surface area contributed by atoms with E-state index in [9.17, 15) is 18.0 Å². The number of carbonyl (C=O) groups is 2. The highest BCUT2D eigenvalue weighted by Gasteiger charge is 2.26. The number of nitrogens with one attached hydrogen (secondary N) is 1. The van der Waals surface area contributed by atoms with Crippen molar-refractivity contribution in [3.8, 4) is 0 Å². The largest absolute Gasteiger partial charge is 0.449 e. The molecule has 1 atom stereocenters. The van der Waals surface area contributed by atoms with Gasteiger partial charge in [-0.25, -0.2) is 13.2 Å². The minimum atomic E-state index is -3.78. The molecule has 1 N–H and O–H groups in total. The first-order chi connectivity index (χ1) is 14.5. The van der Waals surface area contributed by atoms with Crippen LogP contribution < -0.4 is 5.32 Å². The second-order valence-corrected chi connectivity index (χ2v) is 9.43. The van der Waals surface area contributed by atoms with Crippen LogP contribution in [0.2, 0.25) is 5.02 Å². The molecule has 2 aromatic rings. The maximum absolute atomic E-state index is 12.7. The van der Waals surface area contributed by atoms with E-state index >= 15 is 0 Å². The third kappa shape index (κ3) is 5.84. The summed E-state index contributed by atoms with van der Waals surface area (Å²) in [4.78, 5) is 25.0. The Kier molecular flexibility index (Phi) is 8.22. The Morgan fingerprint density at radius 2 is 1.74 bits per heavy atom. The Balaban J connectivity index is 2.20. The van der Waals surface area contributed by atoms with Crippen molar-refractivity contribution in [2.75, 3.05) is 18.4 Å². The average molecular weight is 467 g/mol. The van der Waals surface area contributed by atoms with Crippen molar-refractivity contribution < 1.29 is 22.7 Å². The van der Waals surface area contributed by atoms with E-state index in [0.29, 0.717) is 5.69 Å². The van der Waals surface area contributed by atoms with E-state index < -0.39 is 28.0 Å². The van der Waals surface area contributed by atoms with Gasteiger partial charge < -0.3 is 10.1 Å². The van der Waals surface area contributed by atoms with E-state index in [1.807, 2.05) is 26.0 Å². The molecule has 0 bridgehead atoms. The van der Waals surface area contributed by atoms with Crippen molar-refractivity contribution in [3.63, 3.8) is 0 Å². The number of rotatable bonds is 8. The van der Waals surface area contributed by atoms with E-state index in [4.69, 9.17) is 16.3 Å². The fourth-order valence-electron chi connectivity index (χ4n) is 3.00. The highest BCUT2D eigenvalue weighted by atomic mass is 35.5. The van der Waals surface area contributed by atoms with Crippen molar-refractivity contribution in [1.29, 1.82) is 0 Å². The van der Waals surface area contributed by atoms with Gasteiger partial charge in [-0.05, 0) is 50.6 Å². The molecule has 0 saturated heterocycles. The molecule has 0 spiro atoms. The lowest BCUT2D eigenvalue weighted by molar-refractivity contribution is -0.123. The second-order valence-electron chi connectivity index (χ2n) is 7.09. The molecule has 1 amide bonds. The lowest BCUT2D eigenvalue weighted by Gasteiger charge is -2.19. The molecule has 2 aromatic carbocycles. The Labute approximate surface area is 188 Å². The van der Waals surface area contributed by atoms with Gasteiger partial charge in [-0.3, -0.25) is 4.79 Å². The molecule has 0 aliphatic carbocycles. The molecule has 1 unspecified atom stereocenters. The molecule has 168 valence electrons. The van der Waals surface area contributed by atoms with Gasteiger partial charge in [0.05, 0.1) is 15.5 Å². The number of ether oxygens (including phenoxy) is 1. The lowest BCUT2D eigenvalue weighted by atomic mass is 10.1. The number of carbonyl (C=O) groups excluding carboxylic acids is 2. The molecular formula is C22H27ClN2O5S. The number of sulfonamides is 1. The number of nitrogens with zero attached hydrogens (tertiary/aromatic N) is 1. The molecule has 0 radical (unpaired) electrons. The fraction of sp³-hybridized carbons (Fsp3) is 0.364. The fourth-order valence-corrected chi connectivity index (χ4v) is 4.68. The summed E-state index contributed by atoms with van der Waals surface area (Å²) in [5.41, 5.74) is 2.43. The smallest absolute Gasteiger partial charge is 0.340 e. The van der Waals surface area contributed by atoms with Crippen LogP contribution in [-0.2, 0) is 19.6 Å². The van der Waals surface area contributed by atoms with E-state index in [0.717, 1.165) is 11.1 Å². The maximum Gasteiger partial charge on any atom is 0.340 e. The van der Waals surface area contributed by atoms with Gasteiger partial charge in [0.25, 0.3) is 5.91 Å². The molecule has 31 heavy (non-hydrogen) atoms. The van der Waals surface area contributed by atoms with Gasteiger partial charge >= 0.3 is 5.97 Å². The maximum atomic E-state index is 12.7. The molecule has 0 aliphatic rings. The van der Waals surface area contributed by atoms with E-state index in [1.54, 1.807) is 19.9 Å². The van der Waals surface area contributed by atoms with Crippen LogP contribution >= 0.6 is 11.6 Å². The van der Waals surface area contributed by atoms with Crippen LogP contribution in [0.15, 0.2) is 41.3 Å². The zero-order valence-corrected chi connectivity index (χ0v) is 19.8. The SMILES string of the molecule is CCN(CC)S(=O)(=O)c1ccc(Cl)c(C(=O)OC(C)C(=O)Nc2ccc(C)cc2C)c1. The highest BCUT2D eigenvalue weighted by molar-refractivity contribution is 7.89. The van der Waals surface area contributed by atoms with Crippen LogP contribution in [0.4, 0.5) is 5.69 Å². The average Bonchev–Trinajstić information content (AvgIpc) is 2.70. The summed E-state index contributed by atoms with van der Waals surface area (Å²) >= 11 is 6.11. The normalized spacial score (nSPS) is 12.5. The first kappa shape index (κ1) is 24.8. The van der Waals surface area contributed by atoms with Gasteiger partial charge in [0.15, 0.2) is 6.10 Å². The minimum Gasteiger partial charge on any atom is -0.449 e. The Morgan fingerprint density at radius 1 is 1.10 bits per heavy atom. The molecule has 0 heterocycles. The second kappa shape index (κ2) is 10.3. The number of amides is 1. The number of anilines is 1. The van der Waals surface area contributed by atoms with Gasteiger partial charge in [0.2, 0.25) is 10.0 Å².